The third kappa shape index (κ3) is 4.20. The second-order valence-corrected chi connectivity index (χ2v) is 4.48. The normalized spacial score (nSPS) is 9.47. The van der Waals surface area contributed by atoms with E-state index in [9.17, 15) is 0 Å². The van der Waals surface area contributed by atoms with Crippen molar-refractivity contribution in [3.63, 3.8) is 0 Å². The summed E-state index contributed by atoms with van der Waals surface area (Å²) in [5.74, 6) is 0. The van der Waals surface area contributed by atoms with E-state index in [1.807, 2.05) is 12.1 Å². The minimum atomic E-state index is 0.527. The van der Waals surface area contributed by atoms with Gasteiger partial charge >= 0.3 is 0 Å². The van der Waals surface area contributed by atoms with Crippen molar-refractivity contribution < 1.29 is 0 Å². The van der Waals surface area contributed by atoms with Crippen molar-refractivity contribution in [1.29, 1.82) is 0 Å². The Labute approximate surface area is 108 Å². The molecule has 0 amide bonds. The quantitative estimate of drug-likeness (QED) is 0.659. The van der Waals surface area contributed by atoms with Crippen molar-refractivity contribution in [3.05, 3.63) is 40.3 Å². The number of halogens is 2. The molecule has 2 nitrogen and oxygen atoms in total. The topological polar surface area (TPSA) is 24.1 Å². The highest BCUT2D eigenvalue weighted by atomic mass is 79.9. The molecule has 2 N–H and O–H groups in total. The van der Waals surface area contributed by atoms with Gasteiger partial charge in [-0.25, -0.2) is 0 Å². The van der Waals surface area contributed by atoms with E-state index in [0.717, 1.165) is 10.2 Å². The Morgan fingerprint density at radius 2 is 2.33 bits per heavy atom. The van der Waals surface area contributed by atoms with Crippen LogP contribution in [0.15, 0.2) is 35.3 Å². The Morgan fingerprint density at radius 3 is 2.93 bits per heavy atom. The van der Waals surface area contributed by atoms with Gasteiger partial charge in [-0.05, 0) is 30.4 Å². The Kier molecular flexibility index (Phi) is 5.08. The molecule has 0 saturated carbocycles. The molecular formula is C10H10BrClN2S. The summed E-state index contributed by atoms with van der Waals surface area (Å²) >= 11 is 14.4. The van der Waals surface area contributed by atoms with Crippen LogP contribution in [0.5, 0.6) is 0 Å². The molecule has 0 saturated heterocycles. The van der Waals surface area contributed by atoms with Crippen molar-refractivity contribution in [2.24, 2.45) is 0 Å². The molecule has 0 fully saturated rings. The molecule has 0 atom stereocenters. The van der Waals surface area contributed by atoms with Crippen LogP contribution in [-0.2, 0) is 0 Å². The zero-order valence-corrected chi connectivity index (χ0v) is 11.0. The number of nitrogens with one attached hydrogen (secondary N) is 2. The first kappa shape index (κ1) is 12.5. The van der Waals surface area contributed by atoms with E-state index in [1.54, 1.807) is 12.1 Å². The molecule has 0 bridgehead atoms. The van der Waals surface area contributed by atoms with E-state index in [2.05, 4.69) is 33.1 Å². The Hall–Kier alpha value is -0.580. The number of thiocarbonyl (C=S) groups is 1. The minimum Gasteiger partial charge on any atom is -0.359 e. The zero-order chi connectivity index (χ0) is 11.3. The third-order valence-electron chi connectivity index (χ3n) is 1.59. The second kappa shape index (κ2) is 6.10. The summed E-state index contributed by atoms with van der Waals surface area (Å²) in [6.07, 6.45) is 1.73. The van der Waals surface area contributed by atoms with Crippen molar-refractivity contribution in [1.82, 2.24) is 5.32 Å². The molecule has 5 heteroatoms. The Balaban J connectivity index is 2.64. The van der Waals surface area contributed by atoms with E-state index in [-0.39, 0.29) is 0 Å². The largest absolute Gasteiger partial charge is 0.359 e. The van der Waals surface area contributed by atoms with Gasteiger partial charge in [0.2, 0.25) is 0 Å². The summed E-state index contributed by atoms with van der Waals surface area (Å²) in [4.78, 5) is 0. The van der Waals surface area contributed by atoms with Crippen LogP contribution in [0.2, 0.25) is 5.02 Å². The third-order valence-corrected chi connectivity index (χ3v) is 2.64. The number of benzene rings is 1. The first-order valence-corrected chi connectivity index (χ1v) is 5.82. The van der Waals surface area contributed by atoms with Crippen LogP contribution in [0.25, 0.3) is 0 Å². The Morgan fingerprint density at radius 1 is 1.60 bits per heavy atom. The van der Waals surface area contributed by atoms with Gasteiger partial charge < -0.3 is 10.6 Å². The van der Waals surface area contributed by atoms with Crippen molar-refractivity contribution in [3.8, 4) is 0 Å². The molecule has 1 aromatic carbocycles. The molecular weight excluding hydrogens is 296 g/mol. The number of hydrogen-bond acceptors (Lipinski definition) is 1. The van der Waals surface area contributed by atoms with E-state index in [4.69, 9.17) is 23.8 Å². The predicted molar refractivity (Wildman–Crippen MR) is 73.6 cm³/mol. The van der Waals surface area contributed by atoms with Crippen LogP contribution >= 0.6 is 39.7 Å². The van der Waals surface area contributed by atoms with Gasteiger partial charge in [0.25, 0.3) is 0 Å². The van der Waals surface area contributed by atoms with Gasteiger partial charge in [-0.2, -0.15) is 0 Å². The van der Waals surface area contributed by atoms with Crippen molar-refractivity contribution in [2.75, 3.05) is 11.9 Å². The summed E-state index contributed by atoms with van der Waals surface area (Å²) in [6, 6.07) is 5.55. The van der Waals surface area contributed by atoms with E-state index in [0.29, 0.717) is 16.7 Å². The van der Waals surface area contributed by atoms with Crippen LogP contribution in [0.1, 0.15) is 0 Å². The summed E-state index contributed by atoms with van der Waals surface area (Å²) < 4.78 is 0.933. The summed E-state index contributed by atoms with van der Waals surface area (Å²) in [5, 5.41) is 7.09. The minimum absolute atomic E-state index is 0.527. The molecule has 0 aliphatic heterocycles. The second-order valence-electron chi connectivity index (χ2n) is 2.75. The van der Waals surface area contributed by atoms with Gasteiger partial charge in [0.1, 0.15) is 0 Å². The highest BCUT2D eigenvalue weighted by molar-refractivity contribution is 9.10. The fraction of sp³-hybridized carbons (Fsp3) is 0.100. The lowest BCUT2D eigenvalue weighted by atomic mass is 10.3. The fourth-order valence-corrected chi connectivity index (χ4v) is 1.84. The lowest BCUT2D eigenvalue weighted by Crippen LogP contribution is -2.28. The SMILES string of the molecule is C=CCNC(=S)Nc1ccc(Br)cc1Cl. The summed E-state index contributed by atoms with van der Waals surface area (Å²) in [5.41, 5.74) is 0.779. The van der Waals surface area contributed by atoms with Crippen molar-refractivity contribution >= 4 is 50.5 Å². The average molecular weight is 306 g/mol. The first-order chi connectivity index (χ1) is 7.13. The molecule has 0 radical (unpaired) electrons. The van der Waals surface area contributed by atoms with Gasteiger partial charge in [-0.15, -0.1) is 6.58 Å². The number of rotatable bonds is 3. The van der Waals surface area contributed by atoms with Gasteiger partial charge in [0.05, 0.1) is 10.7 Å². The zero-order valence-electron chi connectivity index (χ0n) is 7.89. The van der Waals surface area contributed by atoms with Gasteiger partial charge in [0, 0.05) is 11.0 Å². The number of hydrogen-bond donors (Lipinski definition) is 2. The smallest absolute Gasteiger partial charge is 0.171 e. The molecule has 1 rings (SSSR count). The molecule has 0 spiro atoms. The lowest BCUT2D eigenvalue weighted by Gasteiger charge is -2.10. The van der Waals surface area contributed by atoms with Crippen LogP contribution in [0, 0.1) is 0 Å². The maximum Gasteiger partial charge on any atom is 0.171 e. The van der Waals surface area contributed by atoms with Crippen molar-refractivity contribution in [2.45, 2.75) is 0 Å². The van der Waals surface area contributed by atoms with Crippen LogP contribution in [-0.4, -0.2) is 11.7 Å². The first-order valence-electron chi connectivity index (χ1n) is 4.24. The van der Waals surface area contributed by atoms with Gasteiger partial charge in [0.15, 0.2) is 5.11 Å². The predicted octanol–water partition coefficient (Wildman–Crippen LogP) is 3.57. The lowest BCUT2D eigenvalue weighted by molar-refractivity contribution is 1.06. The fourth-order valence-electron chi connectivity index (χ4n) is 0.922. The monoisotopic (exact) mass is 304 g/mol. The average Bonchev–Trinajstić information content (AvgIpc) is 2.19. The molecule has 15 heavy (non-hydrogen) atoms. The standard InChI is InChI=1S/C10H10BrClN2S/c1-2-5-13-10(15)14-9-4-3-7(11)6-8(9)12/h2-4,6H,1,5H2,(H2,13,14,15). The van der Waals surface area contributed by atoms with Crippen LogP contribution in [0.3, 0.4) is 0 Å². The van der Waals surface area contributed by atoms with E-state index < -0.39 is 0 Å². The van der Waals surface area contributed by atoms with Gasteiger partial charge in [-0.3, -0.25) is 0 Å². The summed E-state index contributed by atoms with van der Waals surface area (Å²) in [6.45, 7) is 4.21. The highest BCUT2D eigenvalue weighted by Crippen LogP contribution is 2.25. The Bertz CT molecular complexity index is 382. The summed E-state index contributed by atoms with van der Waals surface area (Å²) in [7, 11) is 0. The maximum absolute atomic E-state index is 6.01. The molecule has 1 aromatic rings. The van der Waals surface area contributed by atoms with E-state index >= 15 is 0 Å². The molecule has 0 heterocycles. The molecule has 0 unspecified atom stereocenters. The molecule has 0 aliphatic carbocycles. The molecule has 0 aromatic heterocycles. The maximum atomic E-state index is 6.01. The number of anilines is 1. The van der Waals surface area contributed by atoms with Gasteiger partial charge in [-0.1, -0.05) is 33.6 Å². The van der Waals surface area contributed by atoms with Crippen LogP contribution < -0.4 is 10.6 Å². The highest BCUT2D eigenvalue weighted by Gasteiger charge is 2.02. The molecule has 80 valence electrons. The molecule has 0 aliphatic rings. The van der Waals surface area contributed by atoms with E-state index in [1.165, 1.54) is 0 Å². The van der Waals surface area contributed by atoms with Crippen LogP contribution in [0.4, 0.5) is 5.69 Å².